The summed E-state index contributed by atoms with van der Waals surface area (Å²) in [6.45, 7) is 3.69. The van der Waals surface area contributed by atoms with Gasteiger partial charge < -0.3 is 16.0 Å². The monoisotopic (exact) mass is 300 g/mol. The van der Waals surface area contributed by atoms with Crippen molar-refractivity contribution in [3.8, 4) is 0 Å². The SMILES string of the molecule is Cc1c(N)cnc(NC(C)C(=O)N(C)C)c1Br. The van der Waals surface area contributed by atoms with E-state index in [0.29, 0.717) is 11.5 Å². The van der Waals surface area contributed by atoms with E-state index in [1.807, 2.05) is 6.92 Å². The molecule has 0 aromatic carbocycles. The smallest absolute Gasteiger partial charge is 0.244 e. The molecule has 3 N–H and O–H groups in total. The van der Waals surface area contributed by atoms with Crippen LogP contribution in [-0.4, -0.2) is 35.9 Å². The van der Waals surface area contributed by atoms with Crippen LogP contribution in [0.3, 0.4) is 0 Å². The molecule has 1 rings (SSSR count). The minimum absolute atomic E-state index is 0.00632. The average Bonchev–Trinajstić information content (AvgIpc) is 2.28. The Kier molecular flexibility index (Phi) is 4.34. The van der Waals surface area contributed by atoms with E-state index in [2.05, 4.69) is 26.2 Å². The van der Waals surface area contributed by atoms with E-state index in [1.54, 1.807) is 27.2 Å². The number of nitrogen functional groups attached to an aromatic ring is 1. The van der Waals surface area contributed by atoms with E-state index in [0.717, 1.165) is 10.0 Å². The summed E-state index contributed by atoms with van der Waals surface area (Å²) in [5.41, 5.74) is 7.26. The first-order chi connectivity index (χ1) is 7.84. The topological polar surface area (TPSA) is 71.2 Å². The molecule has 0 aliphatic heterocycles. The Bertz CT molecular complexity index is 434. The number of hydrogen-bond acceptors (Lipinski definition) is 4. The summed E-state index contributed by atoms with van der Waals surface area (Å²) in [6.07, 6.45) is 1.58. The molecule has 1 aromatic rings. The van der Waals surface area contributed by atoms with Gasteiger partial charge in [0.2, 0.25) is 5.91 Å². The molecule has 0 aliphatic carbocycles. The summed E-state index contributed by atoms with van der Waals surface area (Å²) in [4.78, 5) is 17.4. The van der Waals surface area contributed by atoms with Crippen LogP contribution in [0.5, 0.6) is 0 Å². The number of halogens is 1. The van der Waals surface area contributed by atoms with Crippen molar-refractivity contribution in [1.82, 2.24) is 9.88 Å². The van der Waals surface area contributed by atoms with E-state index in [-0.39, 0.29) is 11.9 Å². The molecule has 0 aliphatic rings. The molecule has 0 bridgehead atoms. The first-order valence-electron chi connectivity index (χ1n) is 5.22. The Morgan fingerprint density at radius 3 is 2.71 bits per heavy atom. The number of carbonyl (C=O) groups is 1. The van der Waals surface area contributed by atoms with Gasteiger partial charge in [0.15, 0.2) is 0 Å². The third-order valence-corrected chi connectivity index (χ3v) is 3.44. The minimum Gasteiger partial charge on any atom is -0.397 e. The lowest BCUT2D eigenvalue weighted by Gasteiger charge is -2.19. The Hall–Kier alpha value is -1.30. The zero-order chi connectivity index (χ0) is 13.2. The van der Waals surface area contributed by atoms with Crippen LogP contribution >= 0.6 is 15.9 Å². The lowest BCUT2D eigenvalue weighted by molar-refractivity contribution is -0.129. The Morgan fingerprint density at radius 1 is 1.59 bits per heavy atom. The summed E-state index contributed by atoms with van der Waals surface area (Å²) in [7, 11) is 3.44. The average molecular weight is 301 g/mol. The number of hydrogen-bond donors (Lipinski definition) is 2. The van der Waals surface area contributed by atoms with Crippen molar-refractivity contribution in [2.75, 3.05) is 25.1 Å². The van der Waals surface area contributed by atoms with Gasteiger partial charge in [-0.15, -0.1) is 0 Å². The van der Waals surface area contributed by atoms with Crippen LogP contribution in [0, 0.1) is 6.92 Å². The second-order valence-corrected chi connectivity index (χ2v) is 4.89. The van der Waals surface area contributed by atoms with Gasteiger partial charge in [0.05, 0.1) is 16.4 Å². The second-order valence-electron chi connectivity index (χ2n) is 4.10. The molecule has 1 amide bonds. The van der Waals surface area contributed by atoms with E-state index in [4.69, 9.17) is 5.73 Å². The van der Waals surface area contributed by atoms with Gasteiger partial charge >= 0.3 is 0 Å². The number of likely N-dealkylation sites (N-methyl/N-ethyl adjacent to an activating group) is 1. The van der Waals surface area contributed by atoms with Gasteiger partial charge in [-0.1, -0.05) is 0 Å². The first-order valence-corrected chi connectivity index (χ1v) is 6.02. The Labute approximate surface area is 110 Å². The number of nitrogens with one attached hydrogen (secondary N) is 1. The number of rotatable bonds is 3. The molecule has 17 heavy (non-hydrogen) atoms. The maximum atomic E-state index is 11.7. The van der Waals surface area contributed by atoms with Crippen molar-refractivity contribution in [2.24, 2.45) is 0 Å². The summed E-state index contributed by atoms with van der Waals surface area (Å²) >= 11 is 3.42. The van der Waals surface area contributed by atoms with Crippen LogP contribution in [0.1, 0.15) is 12.5 Å². The minimum atomic E-state index is -0.336. The molecular weight excluding hydrogens is 284 g/mol. The maximum absolute atomic E-state index is 11.7. The fourth-order valence-electron chi connectivity index (χ4n) is 1.35. The molecule has 0 spiro atoms. The molecule has 0 fully saturated rings. The predicted molar refractivity (Wildman–Crippen MR) is 72.9 cm³/mol. The van der Waals surface area contributed by atoms with Gasteiger partial charge in [0, 0.05) is 14.1 Å². The number of nitrogens with zero attached hydrogens (tertiary/aromatic N) is 2. The van der Waals surface area contributed by atoms with Gasteiger partial charge in [0.1, 0.15) is 11.9 Å². The molecule has 0 saturated carbocycles. The fourth-order valence-corrected chi connectivity index (χ4v) is 1.79. The highest BCUT2D eigenvalue weighted by molar-refractivity contribution is 9.10. The lowest BCUT2D eigenvalue weighted by atomic mass is 10.2. The van der Waals surface area contributed by atoms with Crippen LogP contribution < -0.4 is 11.1 Å². The highest BCUT2D eigenvalue weighted by atomic mass is 79.9. The molecule has 1 heterocycles. The highest BCUT2D eigenvalue weighted by Crippen LogP contribution is 2.28. The predicted octanol–water partition coefficient (Wildman–Crippen LogP) is 1.62. The van der Waals surface area contributed by atoms with Crippen LogP contribution in [0.2, 0.25) is 0 Å². The van der Waals surface area contributed by atoms with Crippen molar-refractivity contribution in [2.45, 2.75) is 19.9 Å². The van der Waals surface area contributed by atoms with Gasteiger partial charge in [-0.25, -0.2) is 4.98 Å². The van der Waals surface area contributed by atoms with Gasteiger partial charge in [-0.2, -0.15) is 0 Å². The van der Waals surface area contributed by atoms with E-state index in [9.17, 15) is 4.79 Å². The number of amides is 1. The fraction of sp³-hybridized carbons (Fsp3) is 0.455. The second kappa shape index (κ2) is 5.35. The first kappa shape index (κ1) is 13.8. The Morgan fingerprint density at radius 2 is 2.18 bits per heavy atom. The van der Waals surface area contributed by atoms with Gasteiger partial charge in [-0.05, 0) is 35.3 Å². The van der Waals surface area contributed by atoms with Crippen LogP contribution in [0.25, 0.3) is 0 Å². The number of nitrogens with two attached hydrogens (primary N) is 1. The van der Waals surface area contributed by atoms with Gasteiger partial charge in [0.25, 0.3) is 0 Å². The van der Waals surface area contributed by atoms with Crippen molar-refractivity contribution < 1.29 is 4.79 Å². The quantitative estimate of drug-likeness (QED) is 0.890. The molecule has 0 radical (unpaired) electrons. The summed E-state index contributed by atoms with van der Waals surface area (Å²) in [6, 6.07) is -0.336. The van der Waals surface area contributed by atoms with Crippen LogP contribution in [-0.2, 0) is 4.79 Å². The van der Waals surface area contributed by atoms with Crippen molar-refractivity contribution in [3.63, 3.8) is 0 Å². The molecule has 94 valence electrons. The van der Waals surface area contributed by atoms with Crippen molar-refractivity contribution >= 4 is 33.3 Å². The molecule has 5 nitrogen and oxygen atoms in total. The van der Waals surface area contributed by atoms with Crippen LogP contribution in [0.15, 0.2) is 10.7 Å². The molecular formula is C11H17BrN4O. The summed E-state index contributed by atoms with van der Waals surface area (Å²) < 4.78 is 0.788. The normalized spacial score (nSPS) is 12.1. The standard InChI is InChI=1S/C11H17BrN4O/c1-6-8(13)5-14-10(9(6)12)15-7(2)11(17)16(3)4/h5,7H,13H2,1-4H3,(H,14,15). The number of anilines is 2. The maximum Gasteiger partial charge on any atom is 0.244 e. The molecule has 0 saturated heterocycles. The van der Waals surface area contributed by atoms with Crippen LogP contribution in [0.4, 0.5) is 11.5 Å². The molecule has 1 atom stereocenters. The highest BCUT2D eigenvalue weighted by Gasteiger charge is 2.17. The third kappa shape index (κ3) is 3.09. The number of carbonyl (C=O) groups excluding carboxylic acids is 1. The van der Waals surface area contributed by atoms with E-state index < -0.39 is 0 Å². The molecule has 6 heteroatoms. The Balaban J connectivity index is 2.90. The number of pyridine rings is 1. The lowest BCUT2D eigenvalue weighted by Crippen LogP contribution is -2.37. The van der Waals surface area contributed by atoms with Gasteiger partial charge in [-0.3, -0.25) is 4.79 Å². The largest absolute Gasteiger partial charge is 0.397 e. The van der Waals surface area contributed by atoms with Crippen molar-refractivity contribution in [3.05, 3.63) is 16.2 Å². The van der Waals surface area contributed by atoms with E-state index >= 15 is 0 Å². The van der Waals surface area contributed by atoms with Crippen molar-refractivity contribution in [1.29, 1.82) is 0 Å². The van der Waals surface area contributed by atoms with E-state index in [1.165, 1.54) is 4.90 Å². The summed E-state index contributed by atoms with van der Waals surface area (Å²) in [5.74, 6) is 0.618. The zero-order valence-electron chi connectivity index (χ0n) is 10.4. The molecule has 1 unspecified atom stereocenters. The number of aromatic nitrogens is 1. The molecule has 1 aromatic heterocycles. The summed E-state index contributed by atoms with van der Waals surface area (Å²) in [5, 5.41) is 3.05. The third-order valence-electron chi connectivity index (χ3n) is 2.47. The zero-order valence-corrected chi connectivity index (χ0v) is 12.0.